The molecule has 0 saturated carbocycles. The van der Waals surface area contributed by atoms with Crippen molar-refractivity contribution in [3.8, 4) is 0 Å². The van der Waals surface area contributed by atoms with E-state index in [-0.39, 0.29) is 11.9 Å². The highest BCUT2D eigenvalue weighted by Gasteiger charge is 2.24. The van der Waals surface area contributed by atoms with Crippen molar-refractivity contribution < 1.29 is 4.79 Å². The van der Waals surface area contributed by atoms with Gasteiger partial charge in [-0.1, -0.05) is 6.92 Å². The molecular formula is C14H18N6O. The maximum Gasteiger partial charge on any atom is 0.271 e. The van der Waals surface area contributed by atoms with Gasteiger partial charge in [-0.05, 0) is 13.3 Å². The number of amides is 1. The molecule has 3 heterocycles. The fraction of sp³-hybridized carbons (Fsp3) is 0.500. The number of aromatic nitrogens is 5. The third kappa shape index (κ3) is 2.76. The summed E-state index contributed by atoms with van der Waals surface area (Å²) in [4.78, 5) is 20.4. The highest BCUT2D eigenvalue weighted by Crippen LogP contribution is 2.15. The van der Waals surface area contributed by atoms with Gasteiger partial charge >= 0.3 is 0 Å². The summed E-state index contributed by atoms with van der Waals surface area (Å²) in [7, 11) is 0. The summed E-state index contributed by atoms with van der Waals surface area (Å²) in [6.45, 7) is 4.62. The zero-order chi connectivity index (χ0) is 14.8. The van der Waals surface area contributed by atoms with E-state index in [1.54, 1.807) is 6.20 Å². The van der Waals surface area contributed by atoms with Crippen LogP contribution in [0.25, 0.3) is 0 Å². The minimum atomic E-state index is -0.179. The molecule has 1 amide bonds. The van der Waals surface area contributed by atoms with Gasteiger partial charge in [0.05, 0.1) is 11.9 Å². The van der Waals surface area contributed by atoms with Crippen molar-refractivity contribution in [1.82, 2.24) is 30.0 Å². The Morgan fingerprint density at radius 2 is 2.24 bits per heavy atom. The number of nitrogens with zero attached hydrogens (tertiary/aromatic N) is 5. The third-order valence-corrected chi connectivity index (χ3v) is 3.69. The molecule has 2 aromatic heterocycles. The number of hydrogen-bond acceptors (Lipinski definition) is 5. The monoisotopic (exact) mass is 286 g/mol. The predicted molar refractivity (Wildman–Crippen MR) is 75.7 cm³/mol. The molecule has 3 rings (SSSR count). The van der Waals surface area contributed by atoms with Crippen LogP contribution in [0, 0.1) is 6.92 Å². The standard InChI is InChI=1S/C14H18N6O/c1-3-12-18-19-13-5-4-10(8-20(12)13)17-14(21)11-7-15-9(2)6-16-11/h6-7,10H,3-5,8H2,1-2H3,(H,17,21)/t10-/m1/s1. The van der Waals surface area contributed by atoms with E-state index in [0.717, 1.165) is 43.1 Å². The molecular weight excluding hydrogens is 268 g/mol. The summed E-state index contributed by atoms with van der Waals surface area (Å²) in [5.41, 5.74) is 1.15. The van der Waals surface area contributed by atoms with Gasteiger partial charge < -0.3 is 9.88 Å². The van der Waals surface area contributed by atoms with Crippen LogP contribution in [-0.2, 0) is 19.4 Å². The number of aryl methyl sites for hydroxylation is 3. The summed E-state index contributed by atoms with van der Waals surface area (Å²) in [6, 6.07) is 0.0782. The lowest BCUT2D eigenvalue weighted by atomic mass is 10.1. The predicted octanol–water partition coefficient (Wildman–Crippen LogP) is 0.684. The summed E-state index contributed by atoms with van der Waals surface area (Å²) in [6.07, 6.45) is 5.65. The summed E-state index contributed by atoms with van der Waals surface area (Å²) in [5, 5.41) is 11.4. The SMILES string of the molecule is CCc1nnc2n1C[C@H](NC(=O)c1cnc(C)cn1)CC2. The molecule has 0 saturated heterocycles. The van der Waals surface area contributed by atoms with Gasteiger partial charge in [0.2, 0.25) is 0 Å². The van der Waals surface area contributed by atoms with E-state index in [9.17, 15) is 4.79 Å². The quantitative estimate of drug-likeness (QED) is 0.897. The maximum absolute atomic E-state index is 12.2. The Morgan fingerprint density at radius 1 is 1.38 bits per heavy atom. The van der Waals surface area contributed by atoms with Crippen molar-refractivity contribution in [1.29, 1.82) is 0 Å². The molecule has 0 fully saturated rings. The molecule has 0 bridgehead atoms. The van der Waals surface area contributed by atoms with E-state index >= 15 is 0 Å². The third-order valence-electron chi connectivity index (χ3n) is 3.69. The lowest BCUT2D eigenvalue weighted by Crippen LogP contribution is -2.41. The van der Waals surface area contributed by atoms with Crippen molar-refractivity contribution in [2.45, 2.75) is 45.7 Å². The molecule has 1 aliphatic rings. The largest absolute Gasteiger partial charge is 0.346 e. The number of fused-ring (bicyclic) bond motifs is 1. The highest BCUT2D eigenvalue weighted by molar-refractivity contribution is 5.92. The van der Waals surface area contributed by atoms with Gasteiger partial charge in [0.25, 0.3) is 5.91 Å². The molecule has 110 valence electrons. The molecule has 0 aromatic carbocycles. The minimum Gasteiger partial charge on any atom is -0.346 e. The normalized spacial score (nSPS) is 17.3. The molecule has 7 nitrogen and oxygen atoms in total. The van der Waals surface area contributed by atoms with Crippen LogP contribution in [0.3, 0.4) is 0 Å². The smallest absolute Gasteiger partial charge is 0.271 e. The summed E-state index contributed by atoms with van der Waals surface area (Å²) >= 11 is 0. The van der Waals surface area contributed by atoms with Crippen molar-refractivity contribution in [2.75, 3.05) is 0 Å². The van der Waals surface area contributed by atoms with Gasteiger partial charge in [-0.2, -0.15) is 0 Å². The molecule has 0 unspecified atom stereocenters. The van der Waals surface area contributed by atoms with E-state index in [1.807, 2.05) is 6.92 Å². The first-order valence-electron chi connectivity index (χ1n) is 7.18. The van der Waals surface area contributed by atoms with Gasteiger partial charge in [-0.15, -0.1) is 10.2 Å². The fourth-order valence-electron chi connectivity index (χ4n) is 2.53. The minimum absolute atomic E-state index is 0.0782. The highest BCUT2D eigenvalue weighted by atomic mass is 16.1. The van der Waals surface area contributed by atoms with Crippen LogP contribution in [-0.4, -0.2) is 36.7 Å². The second-order valence-corrected chi connectivity index (χ2v) is 5.25. The zero-order valence-electron chi connectivity index (χ0n) is 12.2. The average molecular weight is 286 g/mol. The van der Waals surface area contributed by atoms with Gasteiger partial charge in [0.15, 0.2) is 0 Å². The number of nitrogens with one attached hydrogen (secondary N) is 1. The van der Waals surface area contributed by atoms with Crippen LogP contribution in [0.5, 0.6) is 0 Å². The Kier molecular flexibility index (Phi) is 3.64. The lowest BCUT2D eigenvalue weighted by Gasteiger charge is -2.25. The number of rotatable bonds is 3. The molecule has 7 heteroatoms. The molecule has 1 atom stereocenters. The number of carbonyl (C=O) groups is 1. The van der Waals surface area contributed by atoms with Crippen LogP contribution < -0.4 is 5.32 Å². The molecule has 21 heavy (non-hydrogen) atoms. The van der Waals surface area contributed by atoms with Crippen molar-refractivity contribution in [3.05, 3.63) is 35.4 Å². The fourth-order valence-corrected chi connectivity index (χ4v) is 2.53. The molecule has 1 N–H and O–H groups in total. The van der Waals surface area contributed by atoms with Crippen LogP contribution in [0.1, 0.15) is 41.2 Å². The van der Waals surface area contributed by atoms with Crippen molar-refractivity contribution in [2.24, 2.45) is 0 Å². The zero-order valence-corrected chi connectivity index (χ0v) is 12.2. The van der Waals surface area contributed by atoms with Gasteiger partial charge in [-0.3, -0.25) is 9.78 Å². The van der Waals surface area contributed by atoms with Crippen molar-refractivity contribution in [3.63, 3.8) is 0 Å². The Hall–Kier alpha value is -2.31. The number of hydrogen-bond donors (Lipinski definition) is 1. The van der Waals surface area contributed by atoms with E-state index < -0.39 is 0 Å². The molecule has 0 radical (unpaired) electrons. The summed E-state index contributed by atoms with van der Waals surface area (Å²) in [5.74, 6) is 1.80. The Balaban J connectivity index is 1.69. The topological polar surface area (TPSA) is 85.6 Å². The van der Waals surface area contributed by atoms with E-state index in [2.05, 4.69) is 37.0 Å². The first-order chi connectivity index (χ1) is 10.2. The van der Waals surface area contributed by atoms with Crippen LogP contribution in [0.15, 0.2) is 12.4 Å². The Labute approximate surface area is 122 Å². The molecule has 0 spiro atoms. The number of carbonyl (C=O) groups excluding carboxylic acids is 1. The van der Waals surface area contributed by atoms with E-state index in [4.69, 9.17) is 0 Å². The molecule has 1 aliphatic heterocycles. The molecule has 2 aromatic rings. The van der Waals surface area contributed by atoms with E-state index in [1.165, 1.54) is 6.20 Å². The molecule has 0 aliphatic carbocycles. The maximum atomic E-state index is 12.2. The summed E-state index contributed by atoms with van der Waals surface area (Å²) < 4.78 is 2.11. The first-order valence-corrected chi connectivity index (χ1v) is 7.18. The van der Waals surface area contributed by atoms with Gasteiger partial charge in [-0.25, -0.2) is 4.98 Å². The first kappa shape index (κ1) is 13.7. The average Bonchev–Trinajstić information content (AvgIpc) is 2.90. The second kappa shape index (κ2) is 5.59. The van der Waals surface area contributed by atoms with Gasteiger partial charge in [0.1, 0.15) is 17.3 Å². The van der Waals surface area contributed by atoms with Crippen LogP contribution in [0.4, 0.5) is 0 Å². The van der Waals surface area contributed by atoms with Gasteiger partial charge in [0, 0.05) is 31.6 Å². The second-order valence-electron chi connectivity index (χ2n) is 5.25. The van der Waals surface area contributed by atoms with Crippen LogP contribution >= 0.6 is 0 Å². The van der Waals surface area contributed by atoms with Crippen molar-refractivity contribution >= 4 is 5.91 Å². The van der Waals surface area contributed by atoms with Crippen LogP contribution in [0.2, 0.25) is 0 Å². The Bertz CT molecular complexity index is 634. The Morgan fingerprint density at radius 3 is 2.95 bits per heavy atom. The van der Waals surface area contributed by atoms with E-state index in [0.29, 0.717) is 5.69 Å². The lowest BCUT2D eigenvalue weighted by molar-refractivity contribution is 0.0921.